The van der Waals surface area contributed by atoms with Gasteiger partial charge in [0.2, 0.25) is 5.91 Å². The van der Waals surface area contributed by atoms with Crippen LogP contribution in [0, 0.1) is 21.7 Å². The van der Waals surface area contributed by atoms with E-state index in [0.29, 0.717) is 5.41 Å². The van der Waals surface area contributed by atoms with Gasteiger partial charge < -0.3 is 5.32 Å². The predicted molar refractivity (Wildman–Crippen MR) is 102 cm³/mol. The fourth-order valence-electron chi connectivity index (χ4n) is 3.63. The first-order valence-corrected chi connectivity index (χ1v) is 9.09. The lowest BCUT2D eigenvalue weighted by atomic mass is 9.71. The van der Waals surface area contributed by atoms with Gasteiger partial charge in [-0.2, -0.15) is 0 Å². The smallest absolute Gasteiger partial charge is 0.225 e. The van der Waals surface area contributed by atoms with Crippen molar-refractivity contribution in [2.75, 3.05) is 6.54 Å². The number of nitrogens with one attached hydrogen (secondary N) is 1. The molecule has 0 saturated carbocycles. The Hall–Kier alpha value is -0.790. The number of hydrogen-bond acceptors (Lipinski definition) is 1. The van der Waals surface area contributed by atoms with Crippen molar-refractivity contribution in [1.29, 1.82) is 0 Å². The molecule has 0 aliphatic rings. The first-order chi connectivity index (χ1) is 10.1. The van der Waals surface area contributed by atoms with Crippen LogP contribution in [0.5, 0.6) is 0 Å². The van der Waals surface area contributed by atoms with Gasteiger partial charge >= 0.3 is 0 Å². The molecule has 2 nitrogen and oxygen atoms in total. The molecule has 0 aromatic rings. The molecule has 1 amide bonds. The second-order valence-electron chi connectivity index (χ2n) is 10.4. The van der Waals surface area contributed by atoms with Crippen LogP contribution in [-0.4, -0.2) is 12.5 Å². The van der Waals surface area contributed by atoms with E-state index >= 15 is 0 Å². The van der Waals surface area contributed by atoms with Gasteiger partial charge in [-0.15, -0.1) is 0 Å². The summed E-state index contributed by atoms with van der Waals surface area (Å²) in [6.45, 7) is 22.8. The molecule has 23 heavy (non-hydrogen) atoms. The van der Waals surface area contributed by atoms with Gasteiger partial charge in [0.05, 0.1) is 0 Å². The Labute approximate surface area is 145 Å². The zero-order valence-corrected chi connectivity index (χ0v) is 17.4. The minimum Gasteiger partial charge on any atom is -0.356 e. The second kappa shape index (κ2) is 7.85. The maximum absolute atomic E-state index is 12.4. The molecule has 0 aliphatic carbocycles. The number of carbonyl (C=O) groups is 1. The highest BCUT2D eigenvalue weighted by atomic mass is 16.2. The highest BCUT2D eigenvalue weighted by Crippen LogP contribution is 2.39. The topological polar surface area (TPSA) is 29.1 Å². The van der Waals surface area contributed by atoms with Gasteiger partial charge in [-0.25, -0.2) is 0 Å². The number of amides is 1. The standard InChI is InChI=1S/C21H41NO/c1-11-14-22-17(23)21(9,10)16-20(7,8)13-12-19(5,6)15-18(2,3)4/h12-13H,11,14-16H2,1-10H3,(H,22,23)/b13-12-. The molecule has 136 valence electrons. The molecule has 0 spiro atoms. The Bertz CT molecular complexity index is 408. The summed E-state index contributed by atoms with van der Waals surface area (Å²) in [6, 6.07) is 0. The van der Waals surface area contributed by atoms with Gasteiger partial charge in [0.1, 0.15) is 0 Å². The van der Waals surface area contributed by atoms with Crippen molar-refractivity contribution in [2.45, 2.75) is 88.5 Å². The van der Waals surface area contributed by atoms with E-state index in [-0.39, 0.29) is 22.2 Å². The summed E-state index contributed by atoms with van der Waals surface area (Å²) in [5.74, 6) is 0.162. The first-order valence-electron chi connectivity index (χ1n) is 9.09. The quantitative estimate of drug-likeness (QED) is 0.547. The fourth-order valence-corrected chi connectivity index (χ4v) is 3.63. The summed E-state index contributed by atoms with van der Waals surface area (Å²) < 4.78 is 0. The highest BCUT2D eigenvalue weighted by molar-refractivity contribution is 5.81. The number of carbonyl (C=O) groups excluding carboxylic acids is 1. The summed E-state index contributed by atoms with van der Waals surface area (Å²) >= 11 is 0. The maximum atomic E-state index is 12.4. The normalized spacial score (nSPS) is 14.3. The summed E-state index contributed by atoms with van der Waals surface area (Å²) in [7, 11) is 0. The molecular formula is C21H41NO. The van der Waals surface area contributed by atoms with E-state index in [1.54, 1.807) is 0 Å². The van der Waals surface area contributed by atoms with Gasteiger partial charge in [-0.05, 0) is 35.5 Å². The van der Waals surface area contributed by atoms with Crippen molar-refractivity contribution in [1.82, 2.24) is 5.32 Å². The lowest BCUT2D eigenvalue weighted by Crippen LogP contribution is -2.39. The van der Waals surface area contributed by atoms with Gasteiger partial charge in [0, 0.05) is 12.0 Å². The molecule has 0 saturated heterocycles. The van der Waals surface area contributed by atoms with E-state index in [9.17, 15) is 4.79 Å². The minimum absolute atomic E-state index is 0.00219. The van der Waals surface area contributed by atoms with Gasteiger partial charge in [0.25, 0.3) is 0 Å². The van der Waals surface area contributed by atoms with Crippen LogP contribution in [0.25, 0.3) is 0 Å². The molecule has 0 atom stereocenters. The van der Waals surface area contributed by atoms with Crippen LogP contribution in [-0.2, 0) is 4.79 Å². The summed E-state index contributed by atoms with van der Waals surface area (Å²) in [4.78, 5) is 12.4. The summed E-state index contributed by atoms with van der Waals surface area (Å²) in [5, 5.41) is 3.04. The largest absolute Gasteiger partial charge is 0.356 e. The molecule has 1 N–H and O–H groups in total. The minimum atomic E-state index is -0.350. The second-order valence-corrected chi connectivity index (χ2v) is 10.4. The van der Waals surface area contributed by atoms with Crippen LogP contribution < -0.4 is 5.32 Å². The Morgan fingerprint density at radius 1 is 0.826 bits per heavy atom. The van der Waals surface area contributed by atoms with E-state index in [1.165, 1.54) is 0 Å². The Morgan fingerprint density at radius 3 is 1.65 bits per heavy atom. The van der Waals surface area contributed by atoms with E-state index < -0.39 is 0 Å². The molecule has 0 unspecified atom stereocenters. The van der Waals surface area contributed by atoms with Gasteiger partial charge in [0.15, 0.2) is 0 Å². The van der Waals surface area contributed by atoms with Crippen molar-refractivity contribution in [3.05, 3.63) is 12.2 Å². The lowest BCUT2D eigenvalue weighted by Gasteiger charge is -2.34. The molecule has 0 rings (SSSR count). The van der Waals surface area contributed by atoms with Crippen LogP contribution in [0.2, 0.25) is 0 Å². The number of hydrogen-bond donors (Lipinski definition) is 1. The Kier molecular flexibility index (Phi) is 7.59. The summed E-state index contributed by atoms with van der Waals surface area (Å²) in [6.07, 6.45) is 7.63. The summed E-state index contributed by atoms with van der Waals surface area (Å²) in [5.41, 5.74) is 0.140. The predicted octanol–water partition coefficient (Wildman–Crippen LogP) is 5.97. The van der Waals surface area contributed by atoms with Crippen LogP contribution in [0.4, 0.5) is 0 Å². The van der Waals surface area contributed by atoms with E-state index in [2.05, 4.69) is 72.9 Å². The monoisotopic (exact) mass is 323 g/mol. The molecule has 0 heterocycles. The maximum Gasteiger partial charge on any atom is 0.225 e. The SMILES string of the molecule is CCCNC(=O)C(C)(C)CC(C)(C)/C=C\C(C)(C)CC(C)(C)C. The van der Waals surface area contributed by atoms with Crippen molar-refractivity contribution in [2.24, 2.45) is 21.7 Å². The fraction of sp³-hybridized carbons (Fsp3) is 0.857. The molecule has 2 heteroatoms. The van der Waals surface area contributed by atoms with Crippen molar-refractivity contribution >= 4 is 5.91 Å². The van der Waals surface area contributed by atoms with E-state index in [1.807, 2.05) is 13.8 Å². The Balaban J connectivity index is 4.92. The molecular weight excluding hydrogens is 282 g/mol. The third-order valence-corrected chi connectivity index (χ3v) is 4.02. The lowest BCUT2D eigenvalue weighted by molar-refractivity contribution is -0.130. The average Bonchev–Trinajstić information content (AvgIpc) is 2.29. The number of allylic oxidation sites excluding steroid dienone is 2. The zero-order chi connectivity index (χ0) is 18.5. The van der Waals surface area contributed by atoms with Crippen molar-refractivity contribution in [3.63, 3.8) is 0 Å². The molecule has 0 aromatic heterocycles. The van der Waals surface area contributed by atoms with Gasteiger partial charge in [-0.3, -0.25) is 4.79 Å². The van der Waals surface area contributed by atoms with E-state index in [0.717, 1.165) is 25.8 Å². The van der Waals surface area contributed by atoms with Crippen LogP contribution in [0.3, 0.4) is 0 Å². The zero-order valence-electron chi connectivity index (χ0n) is 17.4. The molecule has 0 bridgehead atoms. The van der Waals surface area contributed by atoms with Crippen LogP contribution in [0.15, 0.2) is 12.2 Å². The highest BCUT2D eigenvalue weighted by Gasteiger charge is 2.33. The van der Waals surface area contributed by atoms with Crippen molar-refractivity contribution in [3.8, 4) is 0 Å². The molecule has 0 aromatic carbocycles. The number of rotatable bonds is 8. The third kappa shape index (κ3) is 9.84. The van der Waals surface area contributed by atoms with Crippen LogP contribution >= 0.6 is 0 Å². The van der Waals surface area contributed by atoms with E-state index in [4.69, 9.17) is 0 Å². The van der Waals surface area contributed by atoms with Crippen molar-refractivity contribution < 1.29 is 4.79 Å². The molecule has 0 fully saturated rings. The molecule has 0 aliphatic heterocycles. The first kappa shape index (κ1) is 22.2. The van der Waals surface area contributed by atoms with Crippen LogP contribution in [0.1, 0.15) is 88.5 Å². The van der Waals surface area contributed by atoms with Gasteiger partial charge in [-0.1, -0.05) is 81.4 Å². The molecule has 0 radical (unpaired) electrons. The Morgan fingerprint density at radius 2 is 1.26 bits per heavy atom. The average molecular weight is 324 g/mol. The third-order valence-electron chi connectivity index (χ3n) is 4.02.